The van der Waals surface area contributed by atoms with Crippen LogP contribution in [0.15, 0.2) is 78.9 Å². The minimum absolute atomic E-state index is 0.0557. The third-order valence-corrected chi connectivity index (χ3v) is 5.69. The first-order chi connectivity index (χ1) is 17.4. The minimum atomic E-state index is -2.77. The van der Waals surface area contributed by atoms with E-state index < -0.39 is 17.5 Å². The van der Waals surface area contributed by atoms with E-state index >= 15 is 0 Å². The Bertz CT molecular complexity index is 1390. The summed E-state index contributed by atoms with van der Waals surface area (Å²) in [5.41, 5.74) is -0.578. The van der Waals surface area contributed by atoms with Crippen molar-refractivity contribution in [1.82, 2.24) is 4.98 Å². The number of anilines is 1. The third-order valence-electron chi connectivity index (χ3n) is 5.69. The highest BCUT2D eigenvalue weighted by Crippen LogP contribution is 2.42. The van der Waals surface area contributed by atoms with Crippen LogP contribution in [0, 0.1) is 0 Å². The van der Waals surface area contributed by atoms with Gasteiger partial charge in [-0.2, -0.15) is 0 Å². The molecular formula is C28H26N2O6. The number of esters is 2. The quantitative estimate of drug-likeness (QED) is 0.251. The highest BCUT2D eigenvalue weighted by atomic mass is 16.6. The molecular weight excluding hydrogens is 460 g/mol. The van der Waals surface area contributed by atoms with Crippen LogP contribution in [0.3, 0.4) is 0 Å². The van der Waals surface area contributed by atoms with Gasteiger partial charge in [-0.1, -0.05) is 54.6 Å². The number of benzene rings is 3. The summed E-state index contributed by atoms with van der Waals surface area (Å²) in [6, 6.07) is 22.8. The van der Waals surface area contributed by atoms with Gasteiger partial charge in [0.25, 0.3) is 5.91 Å². The average Bonchev–Trinajstić information content (AvgIpc) is 3.29. The second kappa shape index (κ2) is 10.5. The van der Waals surface area contributed by atoms with Crippen molar-refractivity contribution in [2.75, 3.05) is 18.5 Å². The molecule has 36 heavy (non-hydrogen) atoms. The van der Waals surface area contributed by atoms with Crippen LogP contribution in [0.25, 0.3) is 22.0 Å². The van der Waals surface area contributed by atoms with E-state index in [1.807, 2.05) is 6.07 Å². The second-order valence-corrected chi connectivity index (χ2v) is 7.94. The zero-order valence-electron chi connectivity index (χ0n) is 19.9. The second-order valence-electron chi connectivity index (χ2n) is 7.94. The Hall–Kier alpha value is -4.43. The largest absolute Gasteiger partial charge is 0.463 e. The molecule has 1 amide bonds. The van der Waals surface area contributed by atoms with Gasteiger partial charge in [0.1, 0.15) is 0 Å². The van der Waals surface area contributed by atoms with Gasteiger partial charge in [-0.15, -0.1) is 0 Å². The first-order valence-electron chi connectivity index (χ1n) is 11.6. The molecule has 4 rings (SSSR count). The van der Waals surface area contributed by atoms with Gasteiger partial charge in [-0.3, -0.25) is 4.79 Å². The SMILES string of the molecule is CCOC(=O)C(O)(C(=O)OCC)c1[nH]c2ccccc2c1-c1ccccc1NC(=O)c1ccccc1. The molecule has 0 saturated carbocycles. The van der Waals surface area contributed by atoms with Gasteiger partial charge in [-0.25, -0.2) is 9.59 Å². The predicted molar refractivity (Wildman–Crippen MR) is 135 cm³/mol. The van der Waals surface area contributed by atoms with Crippen LogP contribution >= 0.6 is 0 Å². The van der Waals surface area contributed by atoms with Crippen molar-refractivity contribution < 1.29 is 29.0 Å². The van der Waals surface area contributed by atoms with Crippen molar-refractivity contribution in [3.8, 4) is 11.1 Å². The molecule has 0 atom stereocenters. The van der Waals surface area contributed by atoms with E-state index in [4.69, 9.17) is 9.47 Å². The standard InChI is InChI=1S/C28H26N2O6/c1-3-35-26(32)28(34,27(33)36-4-2)24-23(19-14-8-10-16-21(19)29-24)20-15-9-11-17-22(20)30-25(31)18-12-6-5-7-13-18/h5-17,29,34H,3-4H2,1-2H3,(H,30,31). The molecule has 0 aliphatic carbocycles. The molecule has 0 aliphatic rings. The van der Waals surface area contributed by atoms with Crippen LogP contribution in [0.1, 0.15) is 29.9 Å². The summed E-state index contributed by atoms with van der Waals surface area (Å²) in [7, 11) is 0. The van der Waals surface area contributed by atoms with Crippen LogP contribution in [0.4, 0.5) is 5.69 Å². The Morgan fingerprint density at radius 2 is 1.42 bits per heavy atom. The van der Waals surface area contributed by atoms with Gasteiger partial charge in [-0.05, 0) is 38.1 Å². The molecule has 184 valence electrons. The number of fused-ring (bicyclic) bond motifs is 1. The summed E-state index contributed by atoms with van der Waals surface area (Å²) in [4.78, 5) is 42.0. The first-order valence-corrected chi connectivity index (χ1v) is 11.6. The molecule has 3 aromatic carbocycles. The molecule has 0 bridgehead atoms. The monoisotopic (exact) mass is 486 g/mol. The van der Waals surface area contributed by atoms with Crippen molar-refractivity contribution in [1.29, 1.82) is 0 Å². The van der Waals surface area contributed by atoms with E-state index in [-0.39, 0.29) is 24.8 Å². The van der Waals surface area contributed by atoms with Gasteiger partial charge in [0.15, 0.2) is 0 Å². The van der Waals surface area contributed by atoms with E-state index in [1.165, 1.54) is 0 Å². The first kappa shape index (κ1) is 24.7. The van der Waals surface area contributed by atoms with E-state index in [0.29, 0.717) is 33.3 Å². The molecule has 0 spiro atoms. The highest BCUT2D eigenvalue weighted by Gasteiger charge is 2.52. The van der Waals surface area contributed by atoms with Crippen LogP contribution in [-0.2, 0) is 24.7 Å². The van der Waals surface area contributed by atoms with Crippen molar-refractivity contribution in [2.24, 2.45) is 0 Å². The number of hydrogen-bond acceptors (Lipinski definition) is 6. The van der Waals surface area contributed by atoms with Crippen LogP contribution in [-0.4, -0.2) is 41.2 Å². The van der Waals surface area contributed by atoms with Crippen molar-refractivity contribution in [3.63, 3.8) is 0 Å². The van der Waals surface area contributed by atoms with Crippen molar-refractivity contribution >= 4 is 34.4 Å². The number of amides is 1. The van der Waals surface area contributed by atoms with Gasteiger partial charge >= 0.3 is 17.5 Å². The Balaban J connectivity index is 1.94. The third kappa shape index (κ3) is 4.46. The molecule has 0 unspecified atom stereocenters. The summed E-state index contributed by atoms with van der Waals surface area (Å²) in [6.07, 6.45) is 0. The van der Waals surface area contributed by atoms with Crippen LogP contribution in [0.5, 0.6) is 0 Å². The molecule has 4 aromatic rings. The fourth-order valence-electron chi connectivity index (χ4n) is 4.05. The number of ether oxygens (including phenoxy) is 2. The maximum Gasteiger partial charge on any atom is 0.356 e. The fraction of sp³-hybridized carbons (Fsp3) is 0.179. The highest BCUT2D eigenvalue weighted by molar-refractivity contribution is 6.12. The van der Waals surface area contributed by atoms with Gasteiger partial charge < -0.3 is 24.9 Å². The summed E-state index contributed by atoms with van der Waals surface area (Å²) in [5.74, 6) is -2.67. The van der Waals surface area contributed by atoms with Gasteiger partial charge in [0.2, 0.25) is 0 Å². The number of carbonyl (C=O) groups excluding carboxylic acids is 3. The molecule has 3 N–H and O–H groups in total. The molecule has 8 heteroatoms. The van der Waals surface area contributed by atoms with Gasteiger partial charge in [0, 0.05) is 33.3 Å². The Labute approximate surface area is 207 Å². The lowest BCUT2D eigenvalue weighted by molar-refractivity contribution is -0.185. The van der Waals surface area contributed by atoms with Gasteiger partial charge in [0.05, 0.1) is 18.9 Å². The average molecular weight is 487 g/mol. The molecule has 0 aliphatic heterocycles. The lowest BCUT2D eigenvalue weighted by atomic mass is 9.90. The molecule has 8 nitrogen and oxygen atoms in total. The Morgan fingerprint density at radius 1 is 0.833 bits per heavy atom. The number of carbonyl (C=O) groups is 3. The summed E-state index contributed by atoms with van der Waals surface area (Å²) in [6.45, 7) is 3.04. The number of aromatic nitrogens is 1. The number of aliphatic hydroxyl groups is 1. The molecule has 1 aromatic heterocycles. The number of aromatic amines is 1. The van der Waals surface area contributed by atoms with Crippen molar-refractivity contribution in [3.05, 3.63) is 90.1 Å². The Morgan fingerprint density at radius 3 is 2.08 bits per heavy atom. The van der Waals surface area contributed by atoms with Crippen LogP contribution in [0.2, 0.25) is 0 Å². The predicted octanol–water partition coefficient (Wildman–Crippen LogP) is 4.40. The summed E-state index contributed by atoms with van der Waals surface area (Å²) in [5, 5.41) is 15.1. The number of rotatable bonds is 8. The van der Waals surface area contributed by atoms with E-state index in [1.54, 1.807) is 86.6 Å². The zero-order chi connectivity index (χ0) is 25.7. The number of hydrogen-bond donors (Lipinski definition) is 3. The molecule has 0 fully saturated rings. The lowest BCUT2D eigenvalue weighted by Gasteiger charge is -2.24. The zero-order valence-corrected chi connectivity index (χ0v) is 19.9. The van der Waals surface area contributed by atoms with E-state index in [2.05, 4.69) is 10.3 Å². The molecule has 1 heterocycles. The fourth-order valence-corrected chi connectivity index (χ4v) is 4.05. The van der Waals surface area contributed by atoms with E-state index in [0.717, 1.165) is 0 Å². The van der Waals surface area contributed by atoms with Crippen LogP contribution < -0.4 is 5.32 Å². The van der Waals surface area contributed by atoms with E-state index in [9.17, 15) is 19.5 Å². The normalized spacial score (nSPS) is 11.2. The number of nitrogens with one attached hydrogen (secondary N) is 2. The number of para-hydroxylation sites is 2. The maximum absolute atomic E-state index is 13.0. The maximum atomic E-state index is 13.0. The molecule has 0 radical (unpaired) electrons. The summed E-state index contributed by atoms with van der Waals surface area (Å²) >= 11 is 0. The Kier molecular flexibility index (Phi) is 7.17. The smallest absolute Gasteiger partial charge is 0.356 e. The lowest BCUT2D eigenvalue weighted by Crippen LogP contribution is -2.46. The van der Waals surface area contributed by atoms with Crippen molar-refractivity contribution in [2.45, 2.75) is 19.4 Å². The topological polar surface area (TPSA) is 118 Å². The minimum Gasteiger partial charge on any atom is -0.463 e. The number of H-pyrrole nitrogens is 1. The summed E-state index contributed by atoms with van der Waals surface area (Å²) < 4.78 is 10.2. The molecule has 0 saturated heterocycles.